The van der Waals surface area contributed by atoms with Crippen molar-refractivity contribution in [3.8, 4) is 0 Å². The fourth-order valence-electron chi connectivity index (χ4n) is 1.44. The molecule has 0 bridgehead atoms. The minimum atomic E-state index is -0.416. The van der Waals surface area contributed by atoms with Gasteiger partial charge in [0.1, 0.15) is 0 Å². The van der Waals surface area contributed by atoms with Crippen LogP contribution in [0, 0.1) is 10.1 Å². The van der Waals surface area contributed by atoms with Gasteiger partial charge in [-0.15, -0.1) is 23.7 Å². The number of halogens is 1. The van der Waals surface area contributed by atoms with E-state index in [-0.39, 0.29) is 24.1 Å². The maximum absolute atomic E-state index is 10.5. The predicted molar refractivity (Wildman–Crippen MR) is 70.7 cm³/mol. The van der Waals surface area contributed by atoms with Crippen molar-refractivity contribution in [2.75, 3.05) is 0 Å². The molecule has 0 amide bonds. The topological polar surface area (TPSA) is 69.2 Å². The Hall–Kier alpha value is -1.43. The Labute approximate surface area is 109 Å². The van der Waals surface area contributed by atoms with E-state index in [0.717, 1.165) is 10.4 Å². The maximum atomic E-state index is 10.5. The summed E-state index contributed by atoms with van der Waals surface area (Å²) in [4.78, 5) is 11.1. The molecule has 0 spiro atoms. The van der Waals surface area contributed by atoms with Gasteiger partial charge in [0.05, 0.1) is 11.0 Å². The highest BCUT2D eigenvalue weighted by Gasteiger charge is 2.11. The van der Waals surface area contributed by atoms with Crippen LogP contribution in [0.25, 0.3) is 0 Å². The van der Waals surface area contributed by atoms with E-state index in [2.05, 4.69) is 0 Å². The van der Waals surface area contributed by atoms with Crippen LogP contribution in [-0.4, -0.2) is 4.92 Å². The molecule has 1 aromatic heterocycles. The molecule has 0 unspecified atom stereocenters. The van der Waals surface area contributed by atoms with Gasteiger partial charge in [0, 0.05) is 17.0 Å². The number of nitrogens with two attached hydrogens (primary N) is 1. The van der Waals surface area contributed by atoms with E-state index in [1.54, 1.807) is 23.5 Å². The number of non-ortho nitro benzene ring substituents is 1. The first kappa shape index (κ1) is 13.6. The number of nitro groups is 1. The van der Waals surface area contributed by atoms with Gasteiger partial charge in [0.25, 0.3) is 5.69 Å². The molecule has 1 aromatic carbocycles. The molecule has 0 fully saturated rings. The van der Waals surface area contributed by atoms with Crippen molar-refractivity contribution in [1.29, 1.82) is 0 Å². The lowest BCUT2D eigenvalue weighted by atomic mass is 10.1. The van der Waals surface area contributed by atoms with E-state index in [1.807, 2.05) is 17.5 Å². The number of thiophene rings is 1. The number of hydrogen-bond donors (Lipinski definition) is 1. The predicted octanol–water partition coefficient (Wildman–Crippen LogP) is 3.13. The molecule has 0 saturated heterocycles. The van der Waals surface area contributed by atoms with Gasteiger partial charge < -0.3 is 5.73 Å². The lowest BCUT2D eigenvalue weighted by Gasteiger charge is -2.09. The molecule has 0 radical (unpaired) electrons. The summed E-state index contributed by atoms with van der Waals surface area (Å²) in [6, 6.07) is 10.0. The summed E-state index contributed by atoms with van der Waals surface area (Å²) in [6.07, 6.45) is 0. The normalized spacial score (nSPS) is 11.6. The fraction of sp³-hybridized carbons (Fsp3) is 0.0909. The summed E-state index contributed by atoms with van der Waals surface area (Å²) in [5, 5.41) is 12.4. The van der Waals surface area contributed by atoms with Crippen molar-refractivity contribution in [3.63, 3.8) is 0 Å². The highest BCUT2D eigenvalue weighted by atomic mass is 35.5. The Morgan fingerprint density at radius 3 is 2.35 bits per heavy atom. The summed E-state index contributed by atoms with van der Waals surface area (Å²) >= 11 is 1.58. The lowest BCUT2D eigenvalue weighted by molar-refractivity contribution is -0.384. The second-order valence-electron chi connectivity index (χ2n) is 3.34. The highest BCUT2D eigenvalue weighted by Crippen LogP contribution is 2.24. The summed E-state index contributed by atoms with van der Waals surface area (Å²) < 4.78 is 0. The van der Waals surface area contributed by atoms with Crippen molar-refractivity contribution in [2.45, 2.75) is 6.04 Å². The number of benzene rings is 1. The van der Waals surface area contributed by atoms with Crippen molar-refractivity contribution in [1.82, 2.24) is 0 Å². The molecule has 0 aliphatic carbocycles. The van der Waals surface area contributed by atoms with Crippen molar-refractivity contribution in [2.24, 2.45) is 5.73 Å². The van der Waals surface area contributed by atoms with Crippen LogP contribution in [0.2, 0.25) is 0 Å². The lowest BCUT2D eigenvalue weighted by Crippen LogP contribution is -2.09. The van der Waals surface area contributed by atoms with Crippen LogP contribution < -0.4 is 5.73 Å². The third kappa shape index (κ3) is 3.03. The summed E-state index contributed by atoms with van der Waals surface area (Å²) in [5.41, 5.74) is 7.00. The molecule has 0 aliphatic rings. The Morgan fingerprint density at radius 2 is 1.88 bits per heavy atom. The van der Waals surface area contributed by atoms with Gasteiger partial charge in [0.15, 0.2) is 0 Å². The van der Waals surface area contributed by atoms with Gasteiger partial charge in [-0.3, -0.25) is 10.1 Å². The molecular weight excluding hydrogens is 260 g/mol. The molecule has 4 nitrogen and oxygen atoms in total. The Kier molecular flexibility index (Phi) is 4.62. The van der Waals surface area contributed by atoms with Crippen LogP contribution in [0.5, 0.6) is 0 Å². The average Bonchev–Trinajstić information content (AvgIpc) is 2.81. The Bertz CT molecular complexity index is 485. The monoisotopic (exact) mass is 270 g/mol. The van der Waals surface area contributed by atoms with Crippen molar-refractivity contribution >= 4 is 29.4 Å². The zero-order valence-electron chi connectivity index (χ0n) is 8.78. The third-order valence-corrected chi connectivity index (χ3v) is 3.27. The van der Waals surface area contributed by atoms with E-state index in [0.29, 0.717) is 0 Å². The smallest absolute Gasteiger partial charge is 0.269 e. The van der Waals surface area contributed by atoms with Crippen LogP contribution in [0.1, 0.15) is 16.5 Å². The van der Waals surface area contributed by atoms with E-state index >= 15 is 0 Å². The van der Waals surface area contributed by atoms with Gasteiger partial charge in [0.2, 0.25) is 0 Å². The first-order valence-electron chi connectivity index (χ1n) is 4.72. The first-order valence-corrected chi connectivity index (χ1v) is 5.60. The third-order valence-electron chi connectivity index (χ3n) is 2.31. The average molecular weight is 271 g/mol. The molecule has 90 valence electrons. The molecule has 2 N–H and O–H groups in total. The zero-order chi connectivity index (χ0) is 11.5. The molecule has 1 heterocycles. The van der Waals surface area contributed by atoms with Crippen LogP contribution >= 0.6 is 23.7 Å². The van der Waals surface area contributed by atoms with E-state index in [9.17, 15) is 10.1 Å². The number of nitro benzene ring substituents is 1. The SMILES string of the molecule is Cl.N[C@@H](c1ccc([N+](=O)[O-])cc1)c1cccs1. The largest absolute Gasteiger partial charge is 0.320 e. The van der Waals surface area contributed by atoms with Crippen LogP contribution in [0.4, 0.5) is 5.69 Å². The molecule has 2 aromatic rings. The number of nitrogens with zero attached hydrogens (tertiary/aromatic N) is 1. The molecule has 2 rings (SSSR count). The summed E-state index contributed by atoms with van der Waals surface area (Å²) in [7, 11) is 0. The Morgan fingerprint density at radius 1 is 1.24 bits per heavy atom. The van der Waals surface area contributed by atoms with Crippen LogP contribution in [-0.2, 0) is 0 Å². The second-order valence-corrected chi connectivity index (χ2v) is 4.32. The van der Waals surface area contributed by atoms with E-state index < -0.39 is 4.92 Å². The van der Waals surface area contributed by atoms with E-state index in [1.165, 1.54) is 12.1 Å². The molecule has 0 saturated carbocycles. The van der Waals surface area contributed by atoms with Gasteiger partial charge in [-0.1, -0.05) is 18.2 Å². The second kappa shape index (κ2) is 5.77. The van der Waals surface area contributed by atoms with Gasteiger partial charge >= 0.3 is 0 Å². The fourth-order valence-corrected chi connectivity index (χ4v) is 2.19. The van der Waals surface area contributed by atoms with Crippen molar-refractivity contribution < 1.29 is 4.92 Å². The zero-order valence-corrected chi connectivity index (χ0v) is 10.4. The van der Waals surface area contributed by atoms with Gasteiger partial charge in [-0.2, -0.15) is 0 Å². The van der Waals surface area contributed by atoms with Crippen LogP contribution in [0.3, 0.4) is 0 Å². The quantitative estimate of drug-likeness (QED) is 0.688. The standard InChI is InChI=1S/C11H10N2O2S.ClH/c12-11(10-2-1-7-16-10)8-3-5-9(6-4-8)13(14)15;/h1-7,11H,12H2;1H/t11-;/m0./s1. The minimum absolute atomic E-state index is 0. The van der Waals surface area contributed by atoms with Gasteiger partial charge in [-0.25, -0.2) is 0 Å². The first-order chi connectivity index (χ1) is 7.68. The van der Waals surface area contributed by atoms with Crippen molar-refractivity contribution in [3.05, 3.63) is 62.3 Å². The molecule has 0 aliphatic heterocycles. The number of rotatable bonds is 3. The number of hydrogen-bond acceptors (Lipinski definition) is 4. The highest BCUT2D eigenvalue weighted by molar-refractivity contribution is 7.10. The summed E-state index contributed by atoms with van der Waals surface area (Å²) in [5.74, 6) is 0. The maximum Gasteiger partial charge on any atom is 0.269 e. The van der Waals surface area contributed by atoms with Crippen LogP contribution in [0.15, 0.2) is 41.8 Å². The van der Waals surface area contributed by atoms with E-state index in [4.69, 9.17) is 5.73 Å². The molecular formula is C11H11ClN2O2S. The molecule has 1 atom stereocenters. The molecule has 6 heteroatoms. The minimum Gasteiger partial charge on any atom is -0.320 e. The Balaban J connectivity index is 0.00000144. The summed E-state index contributed by atoms with van der Waals surface area (Å²) in [6.45, 7) is 0. The molecule has 17 heavy (non-hydrogen) atoms. The van der Waals surface area contributed by atoms with Gasteiger partial charge in [-0.05, 0) is 17.0 Å².